The van der Waals surface area contributed by atoms with Gasteiger partial charge in [-0.1, -0.05) is 24.3 Å². The van der Waals surface area contributed by atoms with Gasteiger partial charge in [0.2, 0.25) is 11.8 Å². The number of carbonyl (C=O) groups excluding carboxylic acids is 2. The zero-order chi connectivity index (χ0) is 16.9. The lowest BCUT2D eigenvalue weighted by Gasteiger charge is -2.09. The molecule has 3 rings (SSSR count). The summed E-state index contributed by atoms with van der Waals surface area (Å²) in [6.07, 6.45) is 2.87. The van der Waals surface area contributed by atoms with Crippen molar-refractivity contribution in [3.63, 3.8) is 0 Å². The van der Waals surface area contributed by atoms with Crippen LogP contribution in [0.3, 0.4) is 0 Å². The van der Waals surface area contributed by atoms with Crippen molar-refractivity contribution in [3.8, 4) is 0 Å². The Morgan fingerprint density at radius 3 is 2.36 bits per heavy atom. The molecule has 1 fully saturated rings. The summed E-state index contributed by atoms with van der Waals surface area (Å²) in [5.41, 5.74) is 8.94. The minimum Gasteiger partial charge on any atom is -0.399 e. The Bertz CT molecular complexity index is 760. The van der Waals surface area contributed by atoms with Crippen LogP contribution in [-0.2, 0) is 16.0 Å². The molecule has 2 aromatic rings. The second-order valence-corrected chi connectivity index (χ2v) is 6.09. The smallest absolute Gasteiger partial charge is 0.227 e. The van der Waals surface area contributed by atoms with Crippen LogP contribution in [0.5, 0.6) is 0 Å². The fourth-order valence-corrected chi connectivity index (χ4v) is 2.50. The Balaban J connectivity index is 0.00000225. The highest BCUT2D eigenvalue weighted by Crippen LogP contribution is 2.30. The van der Waals surface area contributed by atoms with Crippen molar-refractivity contribution in [2.75, 3.05) is 16.4 Å². The van der Waals surface area contributed by atoms with Crippen LogP contribution in [-0.4, -0.2) is 11.8 Å². The Kier molecular flexibility index (Phi) is 6.42. The van der Waals surface area contributed by atoms with Crippen molar-refractivity contribution in [2.45, 2.75) is 25.7 Å². The zero-order valence-corrected chi connectivity index (χ0v) is 14.6. The van der Waals surface area contributed by atoms with Crippen molar-refractivity contribution >= 4 is 41.3 Å². The van der Waals surface area contributed by atoms with Gasteiger partial charge in [-0.05, 0) is 49.1 Å². The molecule has 0 aromatic heterocycles. The molecule has 0 atom stereocenters. The Morgan fingerprint density at radius 2 is 1.68 bits per heavy atom. The molecule has 0 heterocycles. The minimum absolute atomic E-state index is 0. The molecule has 0 aliphatic heterocycles. The van der Waals surface area contributed by atoms with Crippen LogP contribution in [0.25, 0.3) is 0 Å². The summed E-state index contributed by atoms with van der Waals surface area (Å²) < 4.78 is 0. The van der Waals surface area contributed by atoms with Gasteiger partial charge in [0.15, 0.2) is 0 Å². The van der Waals surface area contributed by atoms with Crippen molar-refractivity contribution in [2.24, 2.45) is 5.92 Å². The van der Waals surface area contributed by atoms with Crippen molar-refractivity contribution in [1.29, 1.82) is 0 Å². The van der Waals surface area contributed by atoms with E-state index in [1.807, 2.05) is 42.5 Å². The average molecular weight is 360 g/mol. The number of hydrogen-bond acceptors (Lipinski definition) is 3. The quantitative estimate of drug-likeness (QED) is 0.689. The van der Waals surface area contributed by atoms with Crippen LogP contribution >= 0.6 is 12.4 Å². The van der Waals surface area contributed by atoms with Crippen LogP contribution in [0.4, 0.5) is 17.1 Å². The molecule has 1 aliphatic rings. The number of hydrogen-bond donors (Lipinski definition) is 3. The van der Waals surface area contributed by atoms with E-state index in [-0.39, 0.29) is 30.1 Å². The van der Waals surface area contributed by atoms with Gasteiger partial charge in [-0.15, -0.1) is 12.4 Å². The van der Waals surface area contributed by atoms with E-state index in [0.717, 1.165) is 18.4 Å². The molecule has 0 saturated heterocycles. The summed E-state index contributed by atoms with van der Waals surface area (Å²) in [4.78, 5) is 23.9. The SMILES string of the molecule is Cl.Nc1ccccc1CCC(=O)Nc1cccc(NC(=O)C2CC2)c1. The van der Waals surface area contributed by atoms with Gasteiger partial charge in [0.25, 0.3) is 0 Å². The number of carbonyl (C=O) groups is 2. The lowest BCUT2D eigenvalue weighted by molar-refractivity contribution is -0.117. The first-order valence-electron chi connectivity index (χ1n) is 8.16. The molecule has 0 bridgehead atoms. The van der Waals surface area contributed by atoms with Crippen LogP contribution < -0.4 is 16.4 Å². The average Bonchev–Trinajstić information content (AvgIpc) is 3.39. The summed E-state index contributed by atoms with van der Waals surface area (Å²) in [6.45, 7) is 0. The first-order chi connectivity index (χ1) is 11.6. The van der Waals surface area contributed by atoms with Crippen molar-refractivity contribution in [3.05, 3.63) is 54.1 Å². The number of nitrogens with one attached hydrogen (secondary N) is 2. The summed E-state index contributed by atoms with van der Waals surface area (Å²) in [6, 6.07) is 14.8. The van der Waals surface area contributed by atoms with Gasteiger partial charge in [-0.3, -0.25) is 9.59 Å². The van der Waals surface area contributed by atoms with Crippen LogP contribution in [0.2, 0.25) is 0 Å². The van der Waals surface area contributed by atoms with Gasteiger partial charge in [-0.25, -0.2) is 0 Å². The molecule has 0 radical (unpaired) electrons. The molecule has 1 saturated carbocycles. The number of rotatable bonds is 6. The topological polar surface area (TPSA) is 84.2 Å². The maximum atomic E-state index is 12.1. The lowest BCUT2D eigenvalue weighted by atomic mass is 10.1. The second-order valence-electron chi connectivity index (χ2n) is 6.09. The van der Waals surface area contributed by atoms with Gasteiger partial charge in [-0.2, -0.15) is 0 Å². The van der Waals surface area contributed by atoms with E-state index in [1.54, 1.807) is 6.07 Å². The first-order valence-corrected chi connectivity index (χ1v) is 8.16. The van der Waals surface area contributed by atoms with Gasteiger partial charge in [0.05, 0.1) is 0 Å². The lowest BCUT2D eigenvalue weighted by Crippen LogP contribution is -2.15. The van der Waals surface area contributed by atoms with E-state index in [2.05, 4.69) is 10.6 Å². The number of amides is 2. The van der Waals surface area contributed by atoms with Crippen LogP contribution in [0.1, 0.15) is 24.8 Å². The highest BCUT2D eigenvalue weighted by Gasteiger charge is 2.29. The molecule has 4 N–H and O–H groups in total. The molecular weight excluding hydrogens is 338 g/mol. The second kappa shape index (κ2) is 8.53. The summed E-state index contributed by atoms with van der Waals surface area (Å²) in [5, 5.41) is 5.74. The summed E-state index contributed by atoms with van der Waals surface area (Å²) >= 11 is 0. The molecular formula is C19H22ClN3O2. The van der Waals surface area contributed by atoms with Gasteiger partial charge < -0.3 is 16.4 Å². The number of benzene rings is 2. The molecule has 1 aliphatic carbocycles. The number of nitrogen functional groups attached to an aromatic ring is 1. The predicted molar refractivity (Wildman–Crippen MR) is 103 cm³/mol. The number of anilines is 3. The maximum Gasteiger partial charge on any atom is 0.227 e. The number of aryl methyl sites for hydroxylation is 1. The Morgan fingerprint density at radius 1 is 1.00 bits per heavy atom. The van der Waals surface area contributed by atoms with Crippen molar-refractivity contribution < 1.29 is 9.59 Å². The van der Waals surface area contributed by atoms with Gasteiger partial charge in [0.1, 0.15) is 0 Å². The van der Waals surface area contributed by atoms with Gasteiger partial charge in [0, 0.05) is 29.4 Å². The predicted octanol–water partition coefficient (Wildman–Crippen LogP) is 3.61. The molecule has 6 heteroatoms. The van der Waals surface area contributed by atoms with E-state index in [1.165, 1.54) is 0 Å². The summed E-state index contributed by atoms with van der Waals surface area (Å²) in [7, 11) is 0. The zero-order valence-electron chi connectivity index (χ0n) is 13.8. The largest absolute Gasteiger partial charge is 0.399 e. The maximum absolute atomic E-state index is 12.1. The van der Waals surface area contributed by atoms with E-state index in [0.29, 0.717) is 29.9 Å². The molecule has 132 valence electrons. The van der Waals surface area contributed by atoms with E-state index < -0.39 is 0 Å². The van der Waals surface area contributed by atoms with Crippen LogP contribution in [0, 0.1) is 5.92 Å². The minimum atomic E-state index is -0.0797. The third-order valence-electron chi connectivity index (χ3n) is 4.04. The normalized spacial score (nSPS) is 12.8. The molecule has 2 aromatic carbocycles. The van der Waals surface area contributed by atoms with Gasteiger partial charge >= 0.3 is 0 Å². The molecule has 0 unspecified atom stereocenters. The third kappa shape index (κ3) is 5.50. The van der Waals surface area contributed by atoms with Crippen molar-refractivity contribution in [1.82, 2.24) is 0 Å². The number of para-hydroxylation sites is 1. The standard InChI is InChI=1S/C19H21N3O2.ClH/c20-17-7-2-1-4-13(17)10-11-18(23)21-15-5-3-6-16(12-15)22-19(24)14-8-9-14;/h1-7,12,14H,8-11,20H2,(H,21,23)(H,22,24);1H. The fourth-order valence-electron chi connectivity index (χ4n) is 2.50. The monoisotopic (exact) mass is 359 g/mol. The number of halogens is 1. The highest BCUT2D eigenvalue weighted by atomic mass is 35.5. The highest BCUT2D eigenvalue weighted by molar-refractivity contribution is 5.96. The first kappa shape index (κ1) is 18.8. The third-order valence-corrected chi connectivity index (χ3v) is 4.04. The summed E-state index contributed by atoms with van der Waals surface area (Å²) in [5.74, 6) is 0.126. The van der Waals surface area contributed by atoms with E-state index in [9.17, 15) is 9.59 Å². The molecule has 0 spiro atoms. The molecule has 25 heavy (non-hydrogen) atoms. The molecule has 5 nitrogen and oxygen atoms in total. The Labute approximate surface area is 153 Å². The van der Waals surface area contributed by atoms with E-state index in [4.69, 9.17) is 5.73 Å². The number of nitrogens with two attached hydrogens (primary N) is 1. The molecule has 2 amide bonds. The van der Waals surface area contributed by atoms with Crippen LogP contribution in [0.15, 0.2) is 48.5 Å². The Hall–Kier alpha value is -2.53. The van der Waals surface area contributed by atoms with E-state index >= 15 is 0 Å². The fraction of sp³-hybridized carbons (Fsp3) is 0.263.